The average molecular weight is 474 g/mol. The lowest BCUT2D eigenvalue weighted by Gasteiger charge is -2.10. The Morgan fingerprint density at radius 1 is 0.722 bits per heavy atom. The fraction of sp³-hybridized carbons (Fsp3) is 0.0645. The Labute approximate surface area is 209 Å². The number of para-hydroxylation sites is 1. The Morgan fingerprint density at radius 2 is 1.39 bits per heavy atom. The van der Waals surface area contributed by atoms with Crippen LogP contribution in [-0.2, 0) is 11.3 Å². The van der Waals surface area contributed by atoms with Gasteiger partial charge in [-0.15, -0.1) is 0 Å². The normalized spacial score (nSPS) is 10.7. The maximum Gasteiger partial charge on any atom is 0.339 e. The fourth-order valence-electron chi connectivity index (χ4n) is 3.87. The molecular weight excluding hydrogens is 450 g/mol. The van der Waals surface area contributed by atoms with Gasteiger partial charge in [0.25, 0.3) is 0 Å². The van der Waals surface area contributed by atoms with Gasteiger partial charge < -0.3 is 9.47 Å². The molecule has 1 heterocycles. The molecule has 176 valence electrons. The van der Waals surface area contributed by atoms with E-state index in [0.717, 1.165) is 11.1 Å². The van der Waals surface area contributed by atoms with Crippen LogP contribution >= 0.6 is 0 Å². The maximum atomic E-state index is 13.0. The molecule has 0 aliphatic heterocycles. The number of hydrogen-bond donors (Lipinski definition) is 0. The number of esters is 1. The lowest BCUT2D eigenvalue weighted by atomic mass is 10.0. The van der Waals surface area contributed by atoms with Crippen molar-refractivity contribution in [3.63, 3.8) is 0 Å². The first-order valence-electron chi connectivity index (χ1n) is 11.6. The van der Waals surface area contributed by atoms with Crippen molar-refractivity contribution in [2.75, 3.05) is 6.61 Å². The summed E-state index contributed by atoms with van der Waals surface area (Å²) in [4.78, 5) is 30.4. The fourth-order valence-corrected chi connectivity index (χ4v) is 3.87. The standard InChI is InChI=1S/C31H23NO4/c33-30(24-15-17-25(18-16-24)35-20-22-9-3-1-4-10-22)21-36-31(34)27-19-29(23-11-5-2-6-12-23)32-28-14-8-7-13-26(27)28/h1-19H,20-21H2. The number of benzene rings is 4. The van der Waals surface area contributed by atoms with Gasteiger partial charge in [0.05, 0.1) is 16.8 Å². The summed E-state index contributed by atoms with van der Waals surface area (Å²) in [6.45, 7) is 0.0803. The molecule has 0 unspecified atom stereocenters. The Kier molecular flexibility index (Phi) is 6.81. The summed E-state index contributed by atoms with van der Waals surface area (Å²) < 4.78 is 11.2. The maximum absolute atomic E-state index is 13.0. The molecule has 0 bridgehead atoms. The zero-order valence-corrected chi connectivity index (χ0v) is 19.5. The molecule has 0 radical (unpaired) electrons. The van der Waals surface area contributed by atoms with Gasteiger partial charge in [0.1, 0.15) is 12.4 Å². The summed E-state index contributed by atoms with van der Waals surface area (Å²) in [7, 11) is 0. The van der Waals surface area contributed by atoms with Crippen LogP contribution in [-0.4, -0.2) is 23.3 Å². The molecule has 1 aromatic heterocycles. The molecule has 5 nitrogen and oxygen atoms in total. The first-order chi connectivity index (χ1) is 17.7. The minimum absolute atomic E-state index is 0.292. The minimum atomic E-state index is -0.568. The minimum Gasteiger partial charge on any atom is -0.489 e. The molecule has 0 amide bonds. The number of ether oxygens (including phenoxy) is 2. The van der Waals surface area contributed by atoms with Gasteiger partial charge in [0.15, 0.2) is 12.4 Å². The van der Waals surface area contributed by atoms with E-state index >= 15 is 0 Å². The van der Waals surface area contributed by atoms with Gasteiger partial charge in [-0.3, -0.25) is 4.79 Å². The van der Waals surface area contributed by atoms with E-state index in [-0.39, 0.29) is 12.4 Å². The predicted molar refractivity (Wildman–Crippen MR) is 139 cm³/mol. The average Bonchev–Trinajstić information content (AvgIpc) is 2.95. The van der Waals surface area contributed by atoms with Gasteiger partial charge in [-0.1, -0.05) is 78.9 Å². The van der Waals surface area contributed by atoms with E-state index in [2.05, 4.69) is 4.98 Å². The van der Waals surface area contributed by atoms with E-state index < -0.39 is 5.97 Å². The zero-order chi connectivity index (χ0) is 24.7. The van der Waals surface area contributed by atoms with E-state index in [0.29, 0.717) is 40.1 Å². The molecule has 0 spiro atoms. The molecule has 0 aliphatic rings. The van der Waals surface area contributed by atoms with Crippen molar-refractivity contribution < 1.29 is 19.1 Å². The number of pyridine rings is 1. The summed E-state index contributed by atoms with van der Waals surface area (Å²) in [5.74, 6) is -0.203. The number of carbonyl (C=O) groups excluding carboxylic acids is 2. The molecule has 0 aliphatic carbocycles. The first kappa shape index (κ1) is 23.0. The Bertz CT molecular complexity index is 1500. The molecule has 0 saturated heterocycles. The molecule has 5 heteroatoms. The molecule has 4 aromatic carbocycles. The van der Waals surface area contributed by atoms with Crippen LogP contribution in [0.1, 0.15) is 26.3 Å². The van der Waals surface area contributed by atoms with Crippen molar-refractivity contribution in [3.8, 4) is 17.0 Å². The number of aromatic nitrogens is 1. The van der Waals surface area contributed by atoms with Crippen molar-refractivity contribution in [1.29, 1.82) is 0 Å². The van der Waals surface area contributed by atoms with Gasteiger partial charge >= 0.3 is 5.97 Å². The summed E-state index contributed by atoms with van der Waals surface area (Å²) in [6.07, 6.45) is 0. The molecule has 5 aromatic rings. The van der Waals surface area contributed by atoms with Crippen molar-refractivity contribution in [3.05, 3.63) is 132 Å². The highest BCUT2D eigenvalue weighted by atomic mass is 16.5. The first-order valence-corrected chi connectivity index (χ1v) is 11.6. The molecule has 0 N–H and O–H groups in total. The number of nitrogens with zero attached hydrogens (tertiary/aromatic N) is 1. The number of hydrogen-bond acceptors (Lipinski definition) is 5. The van der Waals surface area contributed by atoms with Gasteiger partial charge in [-0.05, 0) is 42.0 Å². The molecular formula is C31H23NO4. The molecule has 5 rings (SSSR count). The molecule has 0 fully saturated rings. The summed E-state index contributed by atoms with van der Waals surface area (Å²) in [6, 6.07) is 35.4. The van der Waals surface area contributed by atoms with Crippen LogP contribution in [0.15, 0.2) is 115 Å². The lowest BCUT2D eigenvalue weighted by Crippen LogP contribution is -2.15. The second-order valence-electron chi connectivity index (χ2n) is 8.24. The third-order valence-electron chi connectivity index (χ3n) is 5.76. The van der Waals surface area contributed by atoms with Gasteiger partial charge in [-0.25, -0.2) is 9.78 Å². The second kappa shape index (κ2) is 10.7. The van der Waals surface area contributed by atoms with E-state index in [1.54, 1.807) is 30.3 Å². The van der Waals surface area contributed by atoms with Gasteiger partial charge in [0.2, 0.25) is 0 Å². The Hall–Kier alpha value is -4.77. The second-order valence-corrected chi connectivity index (χ2v) is 8.24. The summed E-state index contributed by atoms with van der Waals surface area (Å²) >= 11 is 0. The van der Waals surface area contributed by atoms with Crippen LogP contribution in [0.5, 0.6) is 5.75 Å². The van der Waals surface area contributed by atoms with Crippen LogP contribution in [0.2, 0.25) is 0 Å². The third kappa shape index (κ3) is 5.31. The zero-order valence-electron chi connectivity index (χ0n) is 19.5. The summed E-state index contributed by atoms with van der Waals surface area (Å²) in [5, 5.41) is 0.676. The highest BCUT2D eigenvalue weighted by molar-refractivity contribution is 6.06. The van der Waals surface area contributed by atoms with E-state index in [9.17, 15) is 9.59 Å². The molecule has 36 heavy (non-hydrogen) atoms. The monoisotopic (exact) mass is 473 g/mol. The van der Waals surface area contributed by atoms with E-state index in [1.807, 2.05) is 84.9 Å². The Morgan fingerprint density at radius 3 is 2.14 bits per heavy atom. The quantitative estimate of drug-likeness (QED) is 0.190. The SMILES string of the molecule is O=C(COC(=O)c1cc(-c2ccccc2)nc2ccccc12)c1ccc(OCc2ccccc2)cc1. The Balaban J connectivity index is 1.27. The third-order valence-corrected chi connectivity index (χ3v) is 5.76. The van der Waals surface area contributed by atoms with Gasteiger partial charge in [-0.2, -0.15) is 0 Å². The van der Waals surface area contributed by atoms with Crippen LogP contribution < -0.4 is 4.74 Å². The van der Waals surface area contributed by atoms with E-state index in [1.165, 1.54) is 0 Å². The van der Waals surface area contributed by atoms with Crippen LogP contribution in [0.3, 0.4) is 0 Å². The smallest absolute Gasteiger partial charge is 0.339 e. The largest absolute Gasteiger partial charge is 0.489 e. The van der Waals surface area contributed by atoms with Crippen LogP contribution in [0.25, 0.3) is 22.2 Å². The number of ketones is 1. The number of fused-ring (bicyclic) bond motifs is 1. The molecule has 0 saturated carbocycles. The van der Waals surface area contributed by atoms with E-state index in [4.69, 9.17) is 9.47 Å². The molecule has 0 atom stereocenters. The highest BCUT2D eigenvalue weighted by Crippen LogP contribution is 2.25. The lowest BCUT2D eigenvalue weighted by molar-refractivity contribution is 0.0476. The van der Waals surface area contributed by atoms with Crippen molar-refractivity contribution in [1.82, 2.24) is 4.98 Å². The van der Waals surface area contributed by atoms with Gasteiger partial charge in [0, 0.05) is 16.5 Å². The highest BCUT2D eigenvalue weighted by Gasteiger charge is 2.17. The number of rotatable bonds is 8. The number of carbonyl (C=O) groups is 2. The predicted octanol–water partition coefficient (Wildman–Crippen LogP) is 6.52. The van der Waals surface area contributed by atoms with Crippen molar-refractivity contribution in [2.45, 2.75) is 6.61 Å². The number of Topliss-reactive ketones (excluding diaryl/α,β-unsaturated/α-hetero) is 1. The summed E-state index contributed by atoms with van der Waals surface area (Å²) in [5.41, 5.74) is 4.12. The van der Waals surface area contributed by atoms with Crippen LogP contribution in [0.4, 0.5) is 0 Å². The topological polar surface area (TPSA) is 65.5 Å². The van der Waals surface area contributed by atoms with Crippen molar-refractivity contribution >= 4 is 22.7 Å². The van der Waals surface area contributed by atoms with Crippen LogP contribution in [0, 0.1) is 0 Å². The van der Waals surface area contributed by atoms with Crippen molar-refractivity contribution in [2.24, 2.45) is 0 Å².